The fourth-order valence-electron chi connectivity index (χ4n) is 3.34. The van der Waals surface area contributed by atoms with Crippen molar-refractivity contribution in [3.05, 3.63) is 35.4 Å². The minimum atomic E-state index is -0.287. The quantitative estimate of drug-likeness (QED) is 0.719. The summed E-state index contributed by atoms with van der Waals surface area (Å²) in [5.74, 6) is 0.981. The third-order valence-electron chi connectivity index (χ3n) is 4.90. The third-order valence-corrected chi connectivity index (χ3v) is 4.90. The summed E-state index contributed by atoms with van der Waals surface area (Å²) in [6.45, 7) is 4.73. The van der Waals surface area contributed by atoms with Gasteiger partial charge in [-0.2, -0.15) is 0 Å². The summed E-state index contributed by atoms with van der Waals surface area (Å²) in [7, 11) is 4.54. The molecule has 1 amide bonds. The summed E-state index contributed by atoms with van der Waals surface area (Å²) in [5.41, 5.74) is 9.75. The van der Waals surface area contributed by atoms with Crippen LogP contribution in [0.3, 0.4) is 0 Å². The van der Waals surface area contributed by atoms with Crippen molar-refractivity contribution in [1.82, 2.24) is 0 Å². The fraction of sp³-hybridized carbons (Fsp3) is 0.381. The van der Waals surface area contributed by atoms with Crippen molar-refractivity contribution in [3.63, 3.8) is 0 Å². The highest BCUT2D eigenvalue weighted by molar-refractivity contribution is 6.06. The first kappa shape index (κ1) is 20.6. The molecule has 0 atom stereocenters. The molecule has 8 nitrogen and oxygen atoms in total. The average Bonchev–Trinajstić information content (AvgIpc) is 2.74. The van der Waals surface area contributed by atoms with Crippen LogP contribution in [0.2, 0.25) is 0 Å². The first-order chi connectivity index (χ1) is 14.0. The zero-order valence-corrected chi connectivity index (χ0v) is 17.2. The maximum atomic E-state index is 12.9. The number of amides is 1. The molecule has 3 N–H and O–H groups in total. The summed E-state index contributed by atoms with van der Waals surface area (Å²) in [4.78, 5) is 15.1. The first-order valence-electron chi connectivity index (χ1n) is 9.32. The van der Waals surface area contributed by atoms with Crippen LogP contribution < -0.4 is 30.2 Å². The summed E-state index contributed by atoms with van der Waals surface area (Å²) < 4.78 is 21.4. The predicted octanol–water partition coefficient (Wildman–Crippen LogP) is 2.69. The first-order valence-corrected chi connectivity index (χ1v) is 9.32. The van der Waals surface area contributed by atoms with Gasteiger partial charge in [-0.25, -0.2) is 0 Å². The Hall–Kier alpha value is -3.13. The van der Waals surface area contributed by atoms with Gasteiger partial charge >= 0.3 is 0 Å². The van der Waals surface area contributed by atoms with Crippen LogP contribution in [0, 0.1) is 6.92 Å². The van der Waals surface area contributed by atoms with Gasteiger partial charge in [-0.1, -0.05) is 0 Å². The number of hydrogen-bond donors (Lipinski definition) is 2. The van der Waals surface area contributed by atoms with Gasteiger partial charge in [0.15, 0.2) is 11.5 Å². The number of nitrogens with two attached hydrogens (primary N) is 1. The van der Waals surface area contributed by atoms with E-state index in [1.54, 1.807) is 12.1 Å². The van der Waals surface area contributed by atoms with Crippen molar-refractivity contribution < 1.29 is 23.7 Å². The van der Waals surface area contributed by atoms with Crippen molar-refractivity contribution in [3.8, 4) is 17.2 Å². The zero-order valence-electron chi connectivity index (χ0n) is 17.2. The molecule has 0 aliphatic carbocycles. The van der Waals surface area contributed by atoms with Gasteiger partial charge in [0.25, 0.3) is 5.91 Å². The average molecular weight is 401 g/mol. The Bertz CT molecular complexity index is 869. The molecule has 1 heterocycles. The van der Waals surface area contributed by atoms with E-state index in [1.165, 1.54) is 21.3 Å². The van der Waals surface area contributed by atoms with Crippen molar-refractivity contribution in [2.24, 2.45) is 0 Å². The standard InChI is InChI=1S/C21H27N3O5/c1-13-9-15(22)17(24-5-7-29-8-6-24)12-16(13)23-21(25)14-10-18(26-2)20(28-4)19(11-14)27-3/h9-12H,5-8,22H2,1-4H3,(H,23,25). The lowest BCUT2D eigenvalue weighted by atomic mass is 10.1. The molecule has 1 fully saturated rings. The molecule has 0 unspecified atom stereocenters. The van der Waals surface area contributed by atoms with E-state index in [0.29, 0.717) is 47.4 Å². The molecule has 156 valence electrons. The van der Waals surface area contributed by atoms with Crippen molar-refractivity contribution in [2.45, 2.75) is 6.92 Å². The highest BCUT2D eigenvalue weighted by Gasteiger charge is 2.19. The van der Waals surface area contributed by atoms with Crippen LogP contribution >= 0.6 is 0 Å². The number of methoxy groups -OCH3 is 3. The van der Waals surface area contributed by atoms with E-state index >= 15 is 0 Å². The van der Waals surface area contributed by atoms with E-state index < -0.39 is 0 Å². The molecule has 0 bridgehead atoms. The predicted molar refractivity (Wildman–Crippen MR) is 113 cm³/mol. The van der Waals surface area contributed by atoms with E-state index in [2.05, 4.69) is 10.2 Å². The minimum Gasteiger partial charge on any atom is -0.493 e. The zero-order chi connectivity index (χ0) is 21.0. The SMILES string of the molecule is COc1cc(C(=O)Nc2cc(N3CCOCC3)c(N)cc2C)cc(OC)c1OC. The van der Waals surface area contributed by atoms with Crippen LogP contribution in [-0.2, 0) is 4.74 Å². The monoisotopic (exact) mass is 401 g/mol. The van der Waals surface area contributed by atoms with E-state index in [0.717, 1.165) is 24.3 Å². The number of morpholine rings is 1. The molecule has 29 heavy (non-hydrogen) atoms. The molecule has 2 aromatic carbocycles. The topological polar surface area (TPSA) is 95.3 Å². The Morgan fingerprint density at radius 3 is 2.21 bits per heavy atom. The number of anilines is 3. The molecule has 0 spiro atoms. The Balaban J connectivity index is 1.90. The maximum Gasteiger partial charge on any atom is 0.255 e. The van der Waals surface area contributed by atoms with Crippen LogP contribution in [0.15, 0.2) is 24.3 Å². The van der Waals surface area contributed by atoms with Crippen LogP contribution in [0.1, 0.15) is 15.9 Å². The molecule has 1 saturated heterocycles. The van der Waals surface area contributed by atoms with Crippen LogP contribution in [-0.4, -0.2) is 53.5 Å². The van der Waals surface area contributed by atoms with Crippen molar-refractivity contribution in [1.29, 1.82) is 0 Å². The normalized spacial score (nSPS) is 13.7. The molecule has 0 saturated carbocycles. The Morgan fingerprint density at radius 2 is 1.66 bits per heavy atom. The second kappa shape index (κ2) is 8.91. The van der Waals surface area contributed by atoms with E-state index in [-0.39, 0.29) is 5.91 Å². The van der Waals surface area contributed by atoms with Gasteiger partial charge in [-0.3, -0.25) is 4.79 Å². The lowest BCUT2D eigenvalue weighted by molar-refractivity contribution is 0.102. The second-order valence-corrected chi connectivity index (χ2v) is 6.69. The molecule has 0 aromatic heterocycles. The van der Waals surface area contributed by atoms with E-state index in [4.69, 9.17) is 24.7 Å². The Kier molecular flexibility index (Phi) is 6.33. The molecule has 1 aliphatic heterocycles. The number of ether oxygens (including phenoxy) is 4. The number of carbonyl (C=O) groups is 1. The van der Waals surface area contributed by atoms with Gasteiger partial charge in [0.05, 0.1) is 45.9 Å². The smallest absolute Gasteiger partial charge is 0.255 e. The number of rotatable bonds is 6. The van der Waals surface area contributed by atoms with Gasteiger partial charge in [-0.15, -0.1) is 0 Å². The summed E-state index contributed by atoms with van der Waals surface area (Å²) in [6, 6.07) is 7.01. The Labute approximate surface area is 170 Å². The van der Waals surface area contributed by atoms with Gasteiger partial charge < -0.3 is 34.9 Å². The van der Waals surface area contributed by atoms with Crippen molar-refractivity contribution >= 4 is 23.0 Å². The summed E-state index contributed by atoms with van der Waals surface area (Å²) in [5, 5.41) is 2.97. The van der Waals surface area contributed by atoms with Gasteiger partial charge in [0, 0.05) is 24.3 Å². The molecule has 3 rings (SSSR count). The van der Waals surface area contributed by atoms with Gasteiger partial charge in [0.1, 0.15) is 0 Å². The highest BCUT2D eigenvalue weighted by Crippen LogP contribution is 2.38. The second-order valence-electron chi connectivity index (χ2n) is 6.69. The largest absolute Gasteiger partial charge is 0.493 e. The lowest BCUT2D eigenvalue weighted by Crippen LogP contribution is -2.36. The molecule has 0 radical (unpaired) electrons. The Morgan fingerprint density at radius 1 is 1.03 bits per heavy atom. The molecular formula is C21H27N3O5. The van der Waals surface area contributed by atoms with E-state index in [1.807, 2.05) is 19.1 Å². The highest BCUT2D eigenvalue weighted by atomic mass is 16.5. The number of hydrogen-bond acceptors (Lipinski definition) is 7. The summed E-state index contributed by atoms with van der Waals surface area (Å²) in [6.07, 6.45) is 0. The third kappa shape index (κ3) is 4.32. The lowest BCUT2D eigenvalue weighted by Gasteiger charge is -2.30. The number of nitrogens with one attached hydrogen (secondary N) is 1. The summed E-state index contributed by atoms with van der Waals surface area (Å²) >= 11 is 0. The van der Waals surface area contributed by atoms with Crippen LogP contribution in [0.5, 0.6) is 17.2 Å². The molecule has 8 heteroatoms. The minimum absolute atomic E-state index is 0.287. The van der Waals surface area contributed by atoms with Crippen LogP contribution in [0.4, 0.5) is 17.1 Å². The van der Waals surface area contributed by atoms with Gasteiger partial charge in [0.2, 0.25) is 5.75 Å². The van der Waals surface area contributed by atoms with E-state index in [9.17, 15) is 4.79 Å². The number of carbonyl (C=O) groups excluding carboxylic acids is 1. The molecule has 1 aliphatic rings. The number of nitrogen functional groups attached to an aromatic ring is 1. The molecular weight excluding hydrogens is 374 g/mol. The fourth-order valence-corrected chi connectivity index (χ4v) is 3.34. The maximum absolute atomic E-state index is 12.9. The van der Waals surface area contributed by atoms with Crippen molar-refractivity contribution in [2.75, 3.05) is 63.6 Å². The molecule has 2 aromatic rings. The number of benzene rings is 2. The number of aryl methyl sites for hydroxylation is 1. The van der Waals surface area contributed by atoms with Crippen LogP contribution in [0.25, 0.3) is 0 Å². The van der Waals surface area contributed by atoms with Gasteiger partial charge in [-0.05, 0) is 36.8 Å². The number of nitrogens with zero attached hydrogens (tertiary/aromatic N) is 1.